The number of nitrogens with one attached hydrogen (secondary N) is 2. The van der Waals surface area contributed by atoms with Crippen LogP contribution in [0.5, 0.6) is 5.75 Å². The lowest BCUT2D eigenvalue weighted by Crippen LogP contribution is -2.44. The van der Waals surface area contributed by atoms with E-state index >= 15 is 0 Å². The van der Waals surface area contributed by atoms with Gasteiger partial charge in [-0.05, 0) is 30.5 Å². The van der Waals surface area contributed by atoms with Crippen LogP contribution in [0.2, 0.25) is 0 Å². The van der Waals surface area contributed by atoms with Gasteiger partial charge in [-0.25, -0.2) is 4.79 Å². The van der Waals surface area contributed by atoms with E-state index in [0.29, 0.717) is 26.0 Å². The Kier molecular flexibility index (Phi) is 7.99. The molecule has 0 bridgehead atoms. The van der Waals surface area contributed by atoms with E-state index in [-0.39, 0.29) is 18.5 Å². The summed E-state index contributed by atoms with van der Waals surface area (Å²) in [5.74, 6) is -0.125. The zero-order chi connectivity index (χ0) is 18.6. The van der Waals surface area contributed by atoms with Crippen LogP contribution in [0.25, 0.3) is 0 Å². The molecule has 0 spiro atoms. The molecule has 0 heterocycles. The lowest BCUT2D eigenvalue weighted by atomic mass is 10.0. The van der Waals surface area contributed by atoms with Crippen molar-refractivity contribution in [1.29, 1.82) is 0 Å². The predicted octanol–water partition coefficient (Wildman–Crippen LogP) is 2.84. The summed E-state index contributed by atoms with van der Waals surface area (Å²) >= 11 is 0. The van der Waals surface area contributed by atoms with Crippen molar-refractivity contribution in [3.63, 3.8) is 0 Å². The van der Waals surface area contributed by atoms with Gasteiger partial charge in [0.05, 0.1) is 6.54 Å². The van der Waals surface area contributed by atoms with Gasteiger partial charge in [0.25, 0.3) is 0 Å². The average molecular weight is 356 g/mol. The molecule has 1 unspecified atom stereocenters. The highest BCUT2D eigenvalue weighted by atomic mass is 16.5. The van der Waals surface area contributed by atoms with Crippen LogP contribution >= 0.6 is 0 Å². The molecule has 138 valence electrons. The van der Waals surface area contributed by atoms with Crippen LogP contribution in [0, 0.1) is 0 Å². The minimum Gasteiger partial charge on any atom is -0.492 e. The molecule has 0 aliphatic rings. The van der Waals surface area contributed by atoms with Crippen molar-refractivity contribution in [3.05, 3.63) is 66.2 Å². The summed E-state index contributed by atoms with van der Waals surface area (Å²) in [5.41, 5.74) is 1.05. The molecule has 3 N–H and O–H groups in total. The topological polar surface area (TPSA) is 87.7 Å². The number of ether oxygens (including phenoxy) is 1. The van der Waals surface area contributed by atoms with Gasteiger partial charge in [0.1, 0.15) is 12.4 Å². The van der Waals surface area contributed by atoms with Crippen molar-refractivity contribution in [2.24, 2.45) is 0 Å². The molecule has 0 aliphatic heterocycles. The number of carboxylic acids is 1. The van der Waals surface area contributed by atoms with E-state index in [0.717, 1.165) is 11.3 Å². The van der Waals surface area contributed by atoms with E-state index in [1.165, 1.54) is 0 Å². The molecular weight excluding hydrogens is 332 g/mol. The largest absolute Gasteiger partial charge is 0.492 e. The Morgan fingerprint density at radius 1 is 1.00 bits per heavy atom. The number of hydrogen-bond donors (Lipinski definition) is 3. The lowest BCUT2D eigenvalue weighted by Gasteiger charge is -2.19. The third-order valence-electron chi connectivity index (χ3n) is 3.77. The number of rotatable bonds is 10. The Morgan fingerprint density at radius 3 is 2.31 bits per heavy atom. The molecule has 0 aromatic heterocycles. The fourth-order valence-electron chi connectivity index (χ4n) is 2.51. The Hall–Kier alpha value is -3.02. The first-order valence-electron chi connectivity index (χ1n) is 8.61. The van der Waals surface area contributed by atoms with Crippen molar-refractivity contribution in [3.8, 4) is 5.75 Å². The first-order valence-corrected chi connectivity index (χ1v) is 8.61. The summed E-state index contributed by atoms with van der Waals surface area (Å²) in [7, 11) is 0. The fraction of sp³-hybridized carbons (Fsp3) is 0.300. The number of carbonyl (C=O) groups is 2. The maximum Gasteiger partial charge on any atom is 0.315 e. The van der Waals surface area contributed by atoms with Crippen LogP contribution in [-0.2, 0) is 11.2 Å². The van der Waals surface area contributed by atoms with Gasteiger partial charge in [0.15, 0.2) is 0 Å². The van der Waals surface area contributed by atoms with E-state index in [4.69, 9.17) is 9.84 Å². The molecule has 0 saturated carbocycles. The summed E-state index contributed by atoms with van der Waals surface area (Å²) in [5, 5.41) is 14.5. The number of hydrogen-bond acceptors (Lipinski definition) is 3. The first-order chi connectivity index (χ1) is 12.6. The number of benzene rings is 2. The molecule has 26 heavy (non-hydrogen) atoms. The van der Waals surface area contributed by atoms with Gasteiger partial charge >= 0.3 is 12.0 Å². The van der Waals surface area contributed by atoms with Gasteiger partial charge in [-0.2, -0.15) is 0 Å². The smallest absolute Gasteiger partial charge is 0.315 e. The Labute approximate surface area is 153 Å². The third-order valence-corrected chi connectivity index (χ3v) is 3.77. The second kappa shape index (κ2) is 10.8. The number of carboxylic acid groups (broad SMARTS) is 1. The summed E-state index contributed by atoms with van der Waals surface area (Å²) in [6.07, 6.45) is 0.967. The lowest BCUT2D eigenvalue weighted by molar-refractivity contribution is -0.137. The maximum atomic E-state index is 12.1. The van der Waals surface area contributed by atoms with Gasteiger partial charge in [0.2, 0.25) is 0 Å². The van der Waals surface area contributed by atoms with Crippen molar-refractivity contribution < 1.29 is 19.4 Å². The van der Waals surface area contributed by atoms with Crippen LogP contribution in [0.4, 0.5) is 4.79 Å². The maximum absolute atomic E-state index is 12.1. The fourth-order valence-corrected chi connectivity index (χ4v) is 2.51. The Morgan fingerprint density at radius 2 is 1.65 bits per heavy atom. The van der Waals surface area contributed by atoms with Crippen LogP contribution in [0.15, 0.2) is 60.7 Å². The molecule has 0 fully saturated rings. The second-order valence-corrected chi connectivity index (χ2v) is 5.88. The highest BCUT2D eigenvalue weighted by molar-refractivity contribution is 5.74. The predicted molar refractivity (Wildman–Crippen MR) is 99.3 cm³/mol. The van der Waals surface area contributed by atoms with Crippen molar-refractivity contribution in [2.75, 3.05) is 13.2 Å². The molecule has 2 amide bonds. The van der Waals surface area contributed by atoms with Gasteiger partial charge < -0.3 is 20.5 Å². The van der Waals surface area contributed by atoms with E-state index in [9.17, 15) is 9.59 Å². The Bertz CT molecular complexity index is 677. The number of aliphatic carboxylic acids is 1. The van der Waals surface area contributed by atoms with Crippen LogP contribution < -0.4 is 15.4 Å². The molecule has 0 saturated heterocycles. The van der Waals surface area contributed by atoms with Gasteiger partial charge in [0, 0.05) is 12.5 Å². The SMILES string of the molecule is O=C(O)CCC(Cc1ccccc1)NC(=O)NCCOc1ccccc1. The summed E-state index contributed by atoms with van der Waals surface area (Å²) in [6.45, 7) is 0.716. The van der Waals surface area contributed by atoms with E-state index in [1.807, 2.05) is 60.7 Å². The molecule has 2 aromatic rings. The van der Waals surface area contributed by atoms with Gasteiger partial charge in [-0.3, -0.25) is 4.79 Å². The molecular formula is C20H24N2O4. The molecule has 1 atom stereocenters. The summed E-state index contributed by atoms with van der Waals surface area (Å²) < 4.78 is 5.52. The van der Waals surface area contributed by atoms with Gasteiger partial charge in [-0.1, -0.05) is 48.5 Å². The number of amides is 2. The number of urea groups is 1. The monoisotopic (exact) mass is 356 g/mol. The number of para-hydroxylation sites is 1. The highest BCUT2D eigenvalue weighted by Gasteiger charge is 2.14. The van der Waals surface area contributed by atoms with Crippen LogP contribution in [0.1, 0.15) is 18.4 Å². The first kappa shape index (κ1) is 19.3. The summed E-state index contributed by atoms with van der Waals surface area (Å²) in [4.78, 5) is 22.9. The molecule has 6 heteroatoms. The van der Waals surface area contributed by atoms with E-state index in [1.54, 1.807) is 0 Å². The van der Waals surface area contributed by atoms with Crippen molar-refractivity contribution >= 4 is 12.0 Å². The second-order valence-electron chi connectivity index (χ2n) is 5.88. The molecule has 0 radical (unpaired) electrons. The average Bonchev–Trinajstić information content (AvgIpc) is 2.65. The molecule has 2 rings (SSSR count). The van der Waals surface area contributed by atoms with Crippen LogP contribution in [0.3, 0.4) is 0 Å². The van der Waals surface area contributed by atoms with E-state index in [2.05, 4.69) is 10.6 Å². The molecule has 6 nitrogen and oxygen atoms in total. The Balaban J connectivity index is 1.76. The van der Waals surface area contributed by atoms with Crippen molar-refractivity contribution in [2.45, 2.75) is 25.3 Å². The minimum absolute atomic E-state index is 0.00883. The van der Waals surface area contributed by atoms with E-state index < -0.39 is 5.97 Å². The molecule has 0 aliphatic carbocycles. The zero-order valence-corrected chi connectivity index (χ0v) is 14.6. The van der Waals surface area contributed by atoms with Gasteiger partial charge in [-0.15, -0.1) is 0 Å². The van der Waals surface area contributed by atoms with Crippen molar-refractivity contribution in [1.82, 2.24) is 10.6 Å². The normalized spacial score (nSPS) is 11.4. The number of carbonyl (C=O) groups excluding carboxylic acids is 1. The van der Waals surface area contributed by atoms with Crippen LogP contribution in [-0.4, -0.2) is 36.3 Å². The minimum atomic E-state index is -0.874. The standard InChI is InChI=1S/C20H24N2O4/c23-19(24)12-11-17(15-16-7-3-1-4-8-16)22-20(25)21-13-14-26-18-9-5-2-6-10-18/h1-10,17H,11-15H2,(H,23,24)(H2,21,22,25). The molecule has 2 aromatic carbocycles. The highest BCUT2D eigenvalue weighted by Crippen LogP contribution is 2.08. The quantitative estimate of drug-likeness (QED) is 0.571. The zero-order valence-electron chi connectivity index (χ0n) is 14.6. The summed E-state index contributed by atoms with van der Waals surface area (Å²) in [6, 6.07) is 18.5. The third kappa shape index (κ3) is 7.70.